The number of anilines is 3. The molecule has 0 radical (unpaired) electrons. The van der Waals surface area contributed by atoms with Crippen molar-refractivity contribution in [3.63, 3.8) is 0 Å². The number of halogens is 1. The van der Waals surface area contributed by atoms with Crippen molar-refractivity contribution in [1.29, 1.82) is 0 Å². The van der Waals surface area contributed by atoms with Gasteiger partial charge in [0.1, 0.15) is 0 Å². The first-order chi connectivity index (χ1) is 10.9. The molecule has 2 aromatic carbocycles. The van der Waals surface area contributed by atoms with Gasteiger partial charge in [0, 0.05) is 11.4 Å². The molecule has 0 fully saturated rings. The number of carbonyl (C=O) groups is 2. The summed E-state index contributed by atoms with van der Waals surface area (Å²) in [5.74, 6) is -1.29. The molecule has 0 unspecified atom stereocenters. The van der Waals surface area contributed by atoms with Crippen LogP contribution in [0.5, 0.6) is 0 Å². The Bertz CT molecular complexity index is 744. The third-order valence-corrected chi connectivity index (χ3v) is 3.62. The highest BCUT2D eigenvalue weighted by atomic mass is 35.5. The first-order valence-electron chi connectivity index (χ1n) is 7.14. The van der Waals surface area contributed by atoms with E-state index in [-0.39, 0.29) is 5.92 Å². The normalized spacial score (nSPS) is 10.4. The molecule has 0 aromatic heterocycles. The van der Waals surface area contributed by atoms with E-state index in [1.165, 1.54) is 6.07 Å². The van der Waals surface area contributed by atoms with Crippen molar-refractivity contribution in [2.24, 2.45) is 0 Å². The number of carbonyl (C=O) groups excluding carboxylic acids is 2. The van der Waals surface area contributed by atoms with Gasteiger partial charge in [0.2, 0.25) is 0 Å². The maximum Gasteiger partial charge on any atom is 0.314 e. The van der Waals surface area contributed by atoms with E-state index in [1.807, 2.05) is 26.0 Å². The first-order valence-corrected chi connectivity index (χ1v) is 7.52. The van der Waals surface area contributed by atoms with Gasteiger partial charge in [-0.2, -0.15) is 0 Å². The highest BCUT2D eigenvalue weighted by molar-refractivity contribution is 6.44. The first kappa shape index (κ1) is 16.8. The molecule has 0 aliphatic heterocycles. The number of nitrogens with one attached hydrogen (secondary N) is 2. The number of nitrogens with two attached hydrogens (primary N) is 1. The van der Waals surface area contributed by atoms with Crippen LogP contribution in [0.4, 0.5) is 17.1 Å². The summed E-state index contributed by atoms with van der Waals surface area (Å²) in [5.41, 5.74) is 7.99. The van der Waals surface area contributed by atoms with Crippen molar-refractivity contribution in [3.05, 3.63) is 53.1 Å². The molecule has 2 amide bonds. The second-order valence-electron chi connectivity index (χ2n) is 5.39. The van der Waals surface area contributed by atoms with E-state index < -0.39 is 11.8 Å². The fraction of sp³-hybridized carbons (Fsp3) is 0.176. The molecular weight excluding hydrogens is 314 g/mol. The van der Waals surface area contributed by atoms with E-state index >= 15 is 0 Å². The zero-order valence-electron chi connectivity index (χ0n) is 12.9. The average Bonchev–Trinajstić information content (AvgIpc) is 2.51. The maximum atomic E-state index is 12.1. The minimum absolute atomic E-state index is 0.227. The van der Waals surface area contributed by atoms with Gasteiger partial charge in [-0.3, -0.25) is 9.59 Å². The van der Waals surface area contributed by atoms with Crippen LogP contribution in [0.2, 0.25) is 5.02 Å². The molecule has 120 valence electrons. The fourth-order valence-electron chi connectivity index (χ4n) is 2.09. The van der Waals surface area contributed by atoms with Crippen LogP contribution in [0, 0.1) is 0 Å². The van der Waals surface area contributed by atoms with Gasteiger partial charge in [-0.05, 0) is 35.7 Å². The molecule has 2 aromatic rings. The Kier molecular flexibility index (Phi) is 5.24. The van der Waals surface area contributed by atoms with Crippen molar-refractivity contribution in [2.45, 2.75) is 19.8 Å². The van der Waals surface area contributed by atoms with E-state index in [0.717, 1.165) is 5.56 Å². The van der Waals surface area contributed by atoms with Crippen LogP contribution >= 0.6 is 11.6 Å². The SMILES string of the molecule is CC(C)c1ccccc1NC(=O)C(=O)Nc1ccc(N)c(Cl)c1. The molecule has 23 heavy (non-hydrogen) atoms. The molecule has 5 nitrogen and oxygen atoms in total. The Morgan fingerprint density at radius 2 is 1.70 bits per heavy atom. The minimum Gasteiger partial charge on any atom is -0.398 e. The smallest absolute Gasteiger partial charge is 0.314 e. The molecule has 0 bridgehead atoms. The number of hydrogen-bond acceptors (Lipinski definition) is 3. The summed E-state index contributed by atoms with van der Waals surface area (Å²) in [6.45, 7) is 4.03. The summed E-state index contributed by atoms with van der Waals surface area (Å²) in [6, 6.07) is 12.0. The third-order valence-electron chi connectivity index (χ3n) is 3.30. The van der Waals surface area contributed by atoms with Crippen LogP contribution in [0.25, 0.3) is 0 Å². The highest BCUT2D eigenvalue weighted by Gasteiger charge is 2.16. The van der Waals surface area contributed by atoms with Gasteiger partial charge < -0.3 is 16.4 Å². The van der Waals surface area contributed by atoms with E-state index in [1.54, 1.807) is 24.3 Å². The molecule has 0 saturated heterocycles. The predicted molar refractivity (Wildman–Crippen MR) is 93.7 cm³/mol. The summed E-state index contributed by atoms with van der Waals surface area (Å²) in [6.07, 6.45) is 0. The summed E-state index contributed by atoms with van der Waals surface area (Å²) < 4.78 is 0. The topological polar surface area (TPSA) is 84.2 Å². The lowest BCUT2D eigenvalue weighted by atomic mass is 10.0. The summed E-state index contributed by atoms with van der Waals surface area (Å²) >= 11 is 5.89. The van der Waals surface area contributed by atoms with Gasteiger partial charge >= 0.3 is 11.8 Å². The summed E-state index contributed by atoms with van der Waals surface area (Å²) in [7, 11) is 0. The highest BCUT2D eigenvalue weighted by Crippen LogP contribution is 2.24. The minimum atomic E-state index is -0.774. The van der Waals surface area contributed by atoms with Crippen molar-refractivity contribution >= 4 is 40.5 Å². The molecule has 0 saturated carbocycles. The number of amides is 2. The number of hydrogen-bond donors (Lipinski definition) is 3. The monoisotopic (exact) mass is 331 g/mol. The molecule has 2 rings (SSSR count). The van der Waals surface area contributed by atoms with E-state index in [4.69, 9.17) is 17.3 Å². The van der Waals surface area contributed by atoms with Crippen LogP contribution in [-0.4, -0.2) is 11.8 Å². The zero-order valence-corrected chi connectivity index (χ0v) is 13.6. The maximum absolute atomic E-state index is 12.1. The van der Waals surface area contributed by atoms with Crippen molar-refractivity contribution in [2.75, 3.05) is 16.4 Å². The Balaban J connectivity index is 2.09. The Morgan fingerprint density at radius 3 is 2.35 bits per heavy atom. The van der Waals surface area contributed by atoms with Crippen molar-refractivity contribution in [1.82, 2.24) is 0 Å². The van der Waals surface area contributed by atoms with Crippen LogP contribution in [-0.2, 0) is 9.59 Å². The number of rotatable bonds is 3. The lowest BCUT2D eigenvalue weighted by molar-refractivity contribution is -0.133. The van der Waals surface area contributed by atoms with Crippen LogP contribution in [0.3, 0.4) is 0 Å². The summed E-state index contributed by atoms with van der Waals surface area (Å²) in [4.78, 5) is 24.1. The summed E-state index contributed by atoms with van der Waals surface area (Å²) in [5, 5.41) is 5.43. The van der Waals surface area contributed by atoms with E-state index in [0.29, 0.717) is 22.1 Å². The van der Waals surface area contributed by atoms with Gasteiger partial charge in [0.15, 0.2) is 0 Å². The van der Waals surface area contributed by atoms with Crippen LogP contribution < -0.4 is 16.4 Å². The number of nitrogen functional groups attached to an aromatic ring is 1. The van der Waals surface area contributed by atoms with E-state index in [9.17, 15) is 9.59 Å². The zero-order chi connectivity index (χ0) is 17.0. The van der Waals surface area contributed by atoms with Crippen molar-refractivity contribution in [3.8, 4) is 0 Å². The predicted octanol–water partition coefficient (Wildman–Crippen LogP) is 3.62. The van der Waals surface area contributed by atoms with Gasteiger partial charge in [-0.1, -0.05) is 43.6 Å². The van der Waals surface area contributed by atoms with Gasteiger partial charge in [-0.25, -0.2) is 0 Å². The molecule has 0 spiro atoms. The van der Waals surface area contributed by atoms with E-state index in [2.05, 4.69) is 10.6 Å². The Hall–Kier alpha value is -2.53. The molecule has 0 atom stereocenters. The average molecular weight is 332 g/mol. The fourth-order valence-corrected chi connectivity index (χ4v) is 2.27. The molecular formula is C17H18ClN3O2. The van der Waals surface area contributed by atoms with Gasteiger partial charge in [0.05, 0.1) is 10.7 Å². The number of para-hydroxylation sites is 1. The molecule has 6 heteroatoms. The molecule has 4 N–H and O–H groups in total. The Morgan fingerprint density at radius 1 is 1.04 bits per heavy atom. The second-order valence-corrected chi connectivity index (χ2v) is 5.79. The lowest BCUT2D eigenvalue weighted by Crippen LogP contribution is -2.29. The standard InChI is InChI=1S/C17H18ClN3O2/c1-10(2)12-5-3-4-6-15(12)21-17(23)16(22)20-11-7-8-14(19)13(18)9-11/h3-10H,19H2,1-2H3,(H,20,22)(H,21,23). The Labute approximate surface area is 139 Å². The van der Waals surface area contributed by atoms with Crippen LogP contribution in [0.15, 0.2) is 42.5 Å². The number of benzene rings is 2. The lowest BCUT2D eigenvalue weighted by Gasteiger charge is -2.13. The largest absolute Gasteiger partial charge is 0.398 e. The quantitative estimate of drug-likeness (QED) is 0.593. The second kappa shape index (κ2) is 7.15. The third kappa shape index (κ3) is 4.23. The molecule has 0 aliphatic carbocycles. The van der Waals surface area contributed by atoms with Gasteiger partial charge in [0.25, 0.3) is 0 Å². The molecule has 0 aliphatic rings. The van der Waals surface area contributed by atoms with Crippen molar-refractivity contribution < 1.29 is 9.59 Å². The van der Waals surface area contributed by atoms with Crippen LogP contribution in [0.1, 0.15) is 25.3 Å². The molecule has 0 heterocycles. The van der Waals surface area contributed by atoms with Gasteiger partial charge in [-0.15, -0.1) is 0 Å².